The summed E-state index contributed by atoms with van der Waals surface area (Å²) in [6, 6.07) is 14.8. The fourth-order valence-electron chi connectivity index (χ4n) is 2.10. The van der Waals surface area contributed by atoms with E-state index in [0.717, 1.165) is 16.8 Å². The van der Waals surface area contributed by atoms with Crippen molar-refractivity contribution in [1.82, 2.24) is 16.2 Å². The molecule has 30 heavy (non-hydrogen) atoms. The van der Waals surface area contributed by atoms with Gasteiger partial charge in [0.15, 0.2) is 10.2 Å². The van der Waals surface area contributed by atoms with E-state index in [1.807, 2.05) is 62.4 Å². The summed E-state index contributed by atoms with van der Waals surface area (Å²) in [5.41, 5.74) is 9.73. The molecule has 2 aromatic rings. The van der Waals surface area contributed by atoms with Crippen LogP contribution < -0.4 is 21.5 Å². The summed E-state index contributed by atoms with van der Waals surface area (Å²) in [5, 5.41) is 24.3. The molecule has 0 aliphatic carbocycles. The first-order chi connectivity index (χ1) is 14.4. The number of phenolic OH excluding ortho intramolecular Hbond substituents is 1. The summed E-state index contributed by atoms with van der Waals surface area (Å²) < 4.78 is 0. The minimum Gasteiger partial charge on any atom is -0.508 e. The molecule has 0 fully saturated rings. The maximum atomic E-state index is 9.32. The molecule has 0 saturated carbocycles. The average Bonchev–Trinajstić information content (AvgIpc) is 2.76. The smallest absolute Gasteiger partial charge is 0.191 e. The van der Waals surface area contributed by atoms with Crippen LogP contribution in [0.4, 0.5) is 5.69 Å². The summed E-state index contributed by atoms with van der Waals surface area (Å²) >= 11 is 10.2. The highest BCUT2D eigenvalue weighted by molar-refractivity contribution is 7.80. The predicted molar refractivity (Wildman–Crippen MR) is 134 cm³/mol. The number of thiocarbonyl (C=S) groups is 2. The highest BCUT2D eigenvalue weighted by atomic mass is 32.1. The van der Waals surface area contributed by atoms with Crippen LogP contribution in [0.1, 0.15) is 25.0 Å². The molecule has 2 aromatic carbocycles. The van der Waals surface area contributed by atoms with Gasteiger partial charge in [0.2, 0.25) is 0 Å². The molecule has 2 rings (SSSR count). The third-order valence-electron chi connectivity index (χ3n) is 3.93. The lowest BCUT2D eigenvalue weighted by Crippen LogP contribution is -2.30. The fourth-order valence-corrected chi connectivity index (χ4v) is 2.31. The zero-order chi connectivity index (χ0) is 21.9. The maximum Gasteiger partial charge on any atom is 0.191 e. The predicted octanol–water partition coefficient (Wildman–Crippen LogP) is 3.69. The maximum absolute atomic E-state index is 9.32. The molecule has 0 heterocycles. The van der Waals surface area contributed by atoms with Crippen molar-refractivity contribution in [3.63, 3.8) is 0 Å². The molecule has 0 atom stereocenters. The molecule has 0 unspecified atom stereocenters. The zero-order valence-electron chi connectivity index (χ0n) is 16.9. The number of hydrazone groups is 2. The van der Waals surface area contributed by atoms with Crippen LogP contribution in [0.25, 0.3) is 12.2 Å². The number of hydrogen-bond donors (Lipinski definition) is 5. The molecule has 0 amide bonds. The standard InChI is InChI=1S/C21H24N6OS2/c1-14(24-26-20(29)22-3)15(2)25-27-21(30)23-18-10-6-16(7-11-18)4-5-17-8-12-19(28)13-9-17/h4-13,28H,1-3H3,(H2,22,26,29)(H2,23,27,30). The lowest BCUT2D eigenvalue weighted by atomic mass is 10.1. The normalized spacial score (nSPS) is 11.8. The second kappa shape index (κ2) is 11.6. The topological polar surface area (TPSA) is 93.1 Å². The van der Waals surface area contributed by atoms with Crippen molar-refractivity contribution in [3.05, 3.63) is 59.7 Å². The molecule has 5 N–H and O–H groups in total. The summed E-state index contributed by atoms with van der Waals surface area (Å²) in [4.78, 5) is 0. The number of nitrogens with one attached hydrogen (secondary N) is 4. The Morgan fingerprint density at radius 2 is 1.27 bits per heavy atom. The molecule has 0 spiro atoms. The Balaban J connectivity index is 1.88. The van der Waals surface area contributed by atoms with Crippen LogP contribution in [-0.4, -0.2) is 33.8 Å². The molecule has 0 aromatic heterocycles. The highest BCUT2D eigenvalue weighted by Crippen LogP contribution is 2.15. The van der Waals surface area contributed by atoms with Crippen LogP contribution in [0.2, 0.25) is 0 Å². The van der Waals surface area contributed by atoms with E-state index >= 15 is 0 Å². The molecule has 7 nitrogen and oxygen atoms in total. The van der Waals surface area contributed by atoms with Crippen LogP contribution in [0, 0.1) is 0 Å². The van der Waals surface area contributed by atoms with E-state index < -0.39 is 0 Å². The fraction of sp³-hybridized carbons (Fsp3) is 0.143. The third-order valence-corrected chi connectivity index (χ3v) is 4.42. The van der Waals surface area contributed by atoms with E-state index in [1.54, 1.807) is 19.2 Å². The molecular formula is C21H24N6OS2. The Bertz CT molecular complexity index is 966. The zero-order valence-corrected chi connectivity index (χ0v) is 18.6. The largest absolute Gasteiger partial charge is 0.508 e. The number of phenols is 1. The summed E-state index contributed by atoms with van der Waals surface area (Å²) in [5.74, 6) is 0.253. The highest BCUT2D eigenvalue weighted by Gasteiger charge is 2.00. The van der Waals surface area contributed by atoms with Crippen molar-refractivity contribution < 1.29 is 5.11 Å². The van der Waals surface area contributed by atoms with Crippen molar-refractivity contribution in [2.75, 3.05) is 12.4 Å². The van der Waals surface area contributed by atoms with Gasteiger partial charge < -0.3 is 15.7 Å². The van der Waals surface area contributed by atoms with Gasteiger partial charge in [-0.3, -0.25) is 10.9 Å². The number of anilines is 1. The van der Waals surface area contributed by atoms with E-state index in [4.69, 9.17) is 24.4 Å². The van der Waals surface area contributed by atoms with Gasteiger partial charge in [0.05, 0.1) is 11.4 Å². The SMILES string of the molecule is CNC(=S)NN=C(C)C(C)=NNC(=S)Nc1ccc(C=Cc2ccc(O)cc2)cc1. The number of nitrogens with zero attached hydrogens (tertiary/aromatic N) is 2. The first-order valence-electron chi connectivity index (χ1n) is 9.08. The van der Waals surface area contributed by atoms with E-state index in [9.17, 15) is 5.11 Å². The molecule has 0 aliphatic rings. The molecule has 0 radical (unpaired) electrons. The molecule has 0 aliphatic heterocycles. The van der Waals surface area contributed by atoms with Gasteiger partial charge in [0.25, 0.3) is 0 Å². The van der Waals surface area contributed by atoms with Crippen LogP contribution in [0.3, 0.4) is 0 Å². The van der Waals surface area contributed by atoms with Crippen molar-refractivity contribution in [2.45, 2.75) is 13.8 Å². The van der Waals surface area contributed by atoms with E-state index in [0.29, 0.717) is 21.6 Å². The molecule has 156 valence electrons. The minimum absolute atomic E-state index is 0.253. The molecule has 0 bridgehead atoms. The van der Waals surface area contributed by atoms with Gasteiger partial charge in [0, 0.05) is 12.7 Å². The number of hydrogen-bond acceptors (Lipinski definition) is 5. The Labute approximate surface area is 187 Å². The Morgan fingerprint density at radius 1 is 0.800 bits per heavy atom. The molecule has 0 saturated heterocycles. The average molecular weight is 441 g/mol. The van der Waals surface area contributed by atoms with Gasteiger partial charge >= 0.3 is 0 Å². The first-order valence-corrected chi connectivity index (χ1v) is 9.90. The summed E-state index contributed by atoms with van der Waals surface area (Å²) in [6.45, 7) is 3.63. The van der Waals surface area contributed by atoms with Gasteiger partial charge in [-0.1, -0.05) is 36.4 Å². The van der Waals surface area contributed by atoms with Crippen molar-refractivity contribution in [3.8, 4) is 5.75 Å². The summed E-state index contributed by atoms with van der Waals surface area (Å²) in [6.07, 6.45) is 3.98. The van der Waals surface area contributed by atoms with Gasteiger partial charge in [-0.2, -0.15) is 10.2 Å². The lowest BCUT2D eigenvalue weighted by molar-refractivity contribution is 0.475. The first kappa shape index (κ1) is 23.0. The lowest BCUT2D eigenvalue weighted by Gasteiger charge is -2.08. The van der Waals surface area contributed by atoms with Crippen molar-refractivity contribution in [1.29, 1.82) is 0 Å². The van der Waals surface area contributed by atoms with Crippen LogP contribution in [-0.2, 0) is 0 Å². The third kappa shape index (κ3) is 7.98. The van der Waals surface area contributed by atoms with Gasteiger partial charge in [-0.15, -0.1) is 0 Å². The van der Waals surface area contributed by atoms with Gasteiger partial charge in [-0.25, -0.2) is 0 Å². The Morgan fingerprint density at radius 3 is 1.77 bits per heavy atom. The van der Waals surface area contributed by atoms with Crippen LogP contribution in [0.5, 0.6) is 5.75 Å². The van der Waals surface area contributed by atoms with E-state index in [1.165, 1.54) is 0 Å². The van der Waals surface area contributed by atoms with Crippen molar-refractivity contribution in [2.24, 2.45) is 10.2 Å². The van der Waals surface area contributed by atoms with Gasteiger partial charge in [-0.05, 0) is 73.7 Å². The monoisotopic (exact) mass is 440 g/mol. The molecule has 9 heteroatoms. The number of rotatable bonds is 6. The minimum atomic E-state index is 0.253. The number of benzene rings is 2. The van der Waals surface area contributed by atoms with Crippen molar-refractivity contribution >= 4 is 63.9 Å². The van der Waals surface area contributed by atoms with E-state index in [2.05, 4.69) is 31.7 Å². The van der Waals surface area contributed by atoms with Crippen LogP contribution >= 0.6 is 24.4 Å². The van der Waals surface area contributed by atoms with Gasteiger partial charge in [0.1, 0.15) is 5.75 Å². The summed E-state index contributed by atoms with van der Waals surface area (Å²) in [7, 11) is 1.71. The molecular weight excluding hydrogens is 416 g/mol. The second-order valence-electron chi connectivity index (χ2n) is 6.20. The Hall–Kier alpha value is -3.30. The number of aromatic hydroxyl groups is 1. The van der Waals surface area contributed by atoms with E-state index in [-0.39, 0.29) is 5.75 Å². The Kier molecular flexibility index (Phi) is 8.92. The van der Waals surface area contributed by atoms with Crippen LogP contribution in [0.15, 0.2) is 58.7 Å². The second-order valence-corrected chi connectivity index (χ2v) is 7.01. The quantitative estimate of drug-likeness (QED) is 0.202.